The van der Waals surface area contributed by atoms with Crippen LogP contribution in [-0.4, -0.2) is 73.1 Å². The lowest BCUT2D eigenvalue weighted by Gasteiger charge is -2.30. The topological polar surface area (TPSA) is 62.6 Å². The van der Waals surface area contributed by atoms with Crippen molar-refractivity contribution in [2.45, 2.75) is 38.6 Å². The molecule has 1 aliphatic rings. The van der Waals surface area contributed by atoms with E-state index in [4.69, 9.17) is 4.74 Å². The van der Waals surface area contributed by atoms with Gasteiger partial charge in [-0.25, -0.2) is 4.79 Å². The number of likely N-dealkylation sites (N-methyl/N-ethyl adjacent to an activating group) is 1. The Kier molecular flexibility index (Phi) is 8.21. The summed E-state index contributed by atoms with van der Waals surface area (Å²) in [4.78, 5) is 16.8. The van der Waals surface area contributed by atoms with E-state index in [-0.39, 0.29) is 6.03 Å². The summed E-state index contributed by atoms with van der Waals surface area (Å²) in [6, 6.07) is -0.0290. The second-order valence-corrected chi connectivity index (χ2v) is 7.17. The lowest BCUT2D eigenvalue weighted by Crippen LogP contribution is -2.42. The zero-order valence-electron chi connectivity index (χ0n) is 15.9. The van der Waals surface area contributed by atoms with Crippen molar-refractivity contribution in [3.63, 3.8) is 0 Å². The predicted molar refractivity (Wildman–Crippen MR) is 99.8 cm³/mol. The Bertz CT molecular complexity index is 511. The summed E-state index contributed by atoms with van der Waals surface area (Å²) in [5.74, 6) is 0.631. The van der Waals surface area contributed by atoms with Gasteiger partial charge in [0.1, 0.15) is 0 Å². The number of rotatable bonds is 9. The van der Waals surface area contributed by atoms with Crippen molar-refractivity contribution in [2.24, 2.45) is 5.92 Å². The lowest BCUT2D eigenvalue weighted by atomic mass is 9.89. The molecule has 1 aromatic heterocycles. The molecule has 0 bridgehead atoms. The quantitative estimate of drug-likeness (QED) is 0.742. The van der Waals surface area contributed by atoms with Gasteiger partial charge in [-0.2, -0.15) is 5.10 Å². The fraction of sp³-hybridized carbons (Fsp3) is 0.778. The van der Waals surface area contributed by atoms with E-state index in [1.165, 1.54) is 32.1 Å². The SMILES string of the molecule is COCCn1cc(NC(=O)N(CCN(C)C)CC2CCCCC2)cn1. The van der Waals surface area contributed by atoms with Gasteiger partial charge in [-0.3, -0.25) is 4.68 Å². The molecule has 142 valence electrons. The average Bonchev–Trinajstić information content (AvgIpc) is 3.04. The number of amides is 2. The van der Waals surface area contributed by atoms with E-state index in [9.17, 15) is 4.79 Å². The Morgan fingerprint density at radius 1 is 1.32 bits per heavy atom. The van der Waals surface area contributed by atoms with Crippen molar-refractivity contribution in [2.75, 3.05) is 52.8 Å². The number of nitrogens with zero attached hydrogens (tertiary/aromatic N) is 4. The highest BCUT2D eigenvalue weighted by atomic mass is 16.5. The number of urea groups is 1. The van der Waals surface area contributed by atoms with Crippen molar-refractivity contribution in [3.8, 4) is 0 Å². The molecule has 1 fully saturated rings. The number of anilines is 1. The first-order chi connectivity index (χ1) is 12.1. The number of nitrogens with one attached hydrogen (secondary N) is 1. The van der Waals surface area contributed by atoms with Crippen LogP contribution < -0.4 is 5.32 Å². The Morgan fingerprint density at radius 2 is 2.08 bits per heavy atom. The largest absolute Gasteiger partial charge is 0.383 e. The monoisotopic (exact) mass is 351 g/mol. The third-order valence-corrected chi connectivity index (χ3v) is 4.72. The Morgan fingerprint density at radius 3 is 2.76 bits per heavy atom. The standard InChI is InChI=1S/C18H33N5O2/c1-21(2)9-10-22(14-16-7-5-4-6-8-16)18(24)20-17-13-19-23(15-17)11-12-25-3/h13,15-16H,4-12,14H2,1-3H3,(H,20,24). The summed E-state index contributed by atoms with van der Waals surface area (Å²) in [7, 11) is 5.74. The normalized spacial score (nSPS) is 15.5. The van der Waals surface area contributed by atoms with Gasteiger partial charge in [0.2, 0.25) is 0 Å². The van der Waals surface area contributed by atoms with Crippen LogP contribution in [-0.2, 0) is 11.3 Å². The molecule has 0 atom stereocenters. The molecular formula is C18H33N5O2. The number of hydrogen-bond acceptors (Lipinski definition) is 4. The van der Waals surface area contributed by atoms with Crippen LogP contribution in [0.4, 0.5) is 10.5 Å². The minimum absolute atomic E-state index is 0.0290. The van der Waals surface area contributed by atoms with Gasteiger partial charge in [0, 0.05) is 32.9 Å². The Hall–Kier alpha value is -1.60. The molecule has 0 aromatic carbocycles. The van der Waals surface area contributed by atoms with Crippen molar-refractivity contribution in [1.82, 2.24) is 19.6 Å². The summed E-state index contributed by atoms with van der Waals surface area (Å²) >= 11 is 0. The second-order valence-electron chi connectivity index (χ2n) is 7.17. The first-order valence-electron chi connectivity index (χ1n) is 9.30. The van der Waals surface area contributed by atoms with Gasteiger partial charge in [0.25, 0.3) is 0 Å². The molecule has 0 aliphatic heterocycles. The van der Waals surface area contributed by atoms with Gasteiger partial charge in [-0.05, 0) is 32.9 Å². The smallest absolute Gasteiger partial charge is 0.321 e. The molecule has 7 nitrogen and oxygen atoms in total. The van der Waals surface area contributed by atoms with E-state index >= 15 is 0 Å². The number of methoxy groups -OCH3 is 1. The number of carbonyl (C=O) groups is 1. The van der Waals surface area contributed by atoms with Crippen molar-refractivity contribution in [1.29, 1.82) is 0 Å². The van der Waals surface area contributed by atoms with Crippen molar-refractivity contribution < 1.29 is 9.53 Å². The molecule has 0 radical (unpaired) electrons. The van der Waals surface area contributed by atoms with Gasteiger partial charge >= 0.3 is 6.03 Å². The highest BCUT2D eigenvalue weighted by Crippen LogP contribution is 2.24. The lowest BCUT2D eigenvalue weighted by molar-refractivity contribution is 0.183. The highest BCUT2D eigenvalue weighted by Gasteiger charge is 2.21. The van der Waals surface area contributed by atoms with Gasteiger partial charge in [0.15, 0.2) is 0 Å². The van der Waals surface area contributed by atoms with Gasteiger partial charge in [-0.1, -0.05) is 19.3 Å². The zero-order valence-corrected chi connectivity index (χ0v) is 15.9. The molecule has 1 saturated carbocycles. The molecule has 1 aromatic rings. The molecule has 1 aliphatic carbocycles. The van der Waals surface area contributed by atoms with Crippen LogP contribution in [0.3, 0.4) is 0 Å². The summed E-state index contributed by atoms with van der Waals surface area (Å²) in [6.45, 7) is 3.74. The molecule has 2 rings (SSSR count). The van der Waals surface area contributed by atoms with Crippen molar-refractivity contribution in [3.05, 3.63) is 12.4 Å². The maximum absolute atomic E-state index is 12.8. The summed E-state index contributed by atoms with van der Waals surface area (Å²) < 4.78 is 6.83. The van der Waals surface area contributed by atoms with E-state index < -0.39 is 0 Å². The van der Waals surface area contributed by atoms with Gasteiger partial charge < -0.3 is 19.9 Å². The van der Waals surface area contributed by atoms with Crippen LogP contribution in [0.25, 0.3) is 0 Å². The highest BCUT2D eigenvalue weighted by molar-refractivity contribution is 5.89. The molecule has 1 N–H and O–H groups in total. The Labute approximate surface area is 151 Å². The number of carbonyl (C=O) groups excluding carboxylic acids is 1. The maximum atomic E-state index is 12.8. The fourth-order valence-electron chi connectivity index (χ4n) is 3.22. The molecule has 0 unspecified atom stereocenters. The molecule has 1 heterocycles. The molecule has 2 amide bonds. The molecule has 0 spiro atoms. The van der Waals surface area contributed by atoms with Crippen LogP contribution in [0.2, 0.25) is 0 Å². The third-order valence-electron chi connectivity index (χ3n) is 4.72. The first kappa shape index (κ1) is 19.7. The second kappa shape index (κ2) is 10.4. The fourth-order valence-corrected chi connectivity index (χ4v) is 3.22. The number of hydrogen-bond donors (Lipinski definition) is 1. The zero-order chi connectivity index (χ0) is 18.1. The van der Waals surface area contributed by atoms with Gasteiger partial charge in [-0.15, -0.1) is 0 Å². The maximum Gasteiger partial charge on any atom is 0.321 e. The molecule has 7 heteroatoms. The third kappa shape index (κ3) is 7.04. The summed E-state index contributed by atoms with van der Waals surface area (Å²) in [6.07, 6.45) is 9.93. The van der Waals surface area contributed by atoms with Gasteiger partial charge in [0.05, 0.1) is 25.0 Å². The minimum Gasteiger partial charge on any atom is -0.383 e. The van der Waals surface area contributed by atoms with Crippen molar-refractivity contribution >= 4 is 11.7 Å². The van der Waals surface area contributed by atoms with E-state index in [0.717, 1.165) is 25.3 Å². The van der Waals surface area contributed by atoms with E-state index in [1.807, 2.05) is 25.2 Å². The molecular weight excluding hydrogens is 318 g/mol. The predicted octanol–water partition coefficient (Wildman–Crippen LogP) is 2.51. The van der Waals surface area contributed by atoms with Crippen LogP contribution in [0.1, 0.15) is 32.1 Å². The van der Waals surface area contributed by atoms with Crippen LogP contribution in [0.5, 0.6) is 0 Å². The van der Waals surface area contributed by atoms with Crippen LogP contribution >= 0.6 is 0 Å². The number of ether oxygens (including phenoxy) is 1. The summed E-state index contributed by atoms with van der Waals surface area (Å²) in [5, 5.41) is 7.25. The van der Waals surface area contributed by atoms with Crippen LogP contribution in [0, 0.1) is 5.92 Å². The molecule has 0 saturated heterocycles. The van der Waals surface area contributed by atoms with Crippen LogP contribution in [0.15, 0.2) is 12.4 Å². The summed E-state index contributed by atoms with van der Waals surface area (Å²) in [5.41, 5.74) is 0.736. The molecule has 25 heavy (non-hydrogen) atoms. The van der Waals surface area contributed by atoms with E-state index in [2.05, 4.69) is 15.3 Å². The number of aromatic nitrogens is 2. The first-order valence-corrected chi connectivity index (χ1v) is 9.30. The van der Waals surface area contributed by atoms with E-state index in [1.54, 1.807) is 18.0 Å². The average molecular weight is 351 g/mol. The minimum atomic E-state index is -0.0290. The Balaban J connectivity index is 1.91. The van der Waals surface area contributed by atoms with E-state index in [0.29, 0.717) is 19.1 Å².